The highest BCUT2D eigenvalue weighted by Gasteiger charge is 2.06. The van der Waals surface area contributed by atoms with Crippen molar-refractivity contribution < 1.29 is 0 Å². The molecule has 2 heteroatoms. The summed E-state index contributed by atoms with van der Waals surface area (Å²) < 4.78 is 0. The van der Waals surface area contributed by atoms with Crippen molar-refractivity contribution in [3.8, 4) is 0 Å². The van der Waals surface area contributed by atoms with Crippen LogP contribution >= 0.6 is 0 Å². The molecule has 0 bridgehead atoms. The Hall–Kier alpha value is -0.530. The van der Waals surface area contributed by atoms with Crippen LogP contribution in [0.15, 0.2) is 5.10 Å². The van der Waals surface area contributed by atoms with Crippen molar-refractivity contribution in [2.24, 2.45) is 16.9 Å². The molecular weight excluding hydrogens is 160 g/mol. The molecule has 0 heterocycles. The molecule has 0 aliphatic rings. The van der Waals surface area contributed by atoms with E-state index in [0.717, 1.165) is 12.8 Å². The molecule has 0 spiro atoms. The Balaban J connectivity index is 4.19. The predicted octanol–water partition coefficient (Wildman–Crippen LogP) is 3.00. The molecule has 0 atom stereocenters. The van der Waals surface area contributed by atoms with Crippen LogP contribution in [0.2, 0.25) is 0 Å². The Morgan fingerprint density at radius 1 is 1.00 bits per heavy atom. The van der Waals surface area contributed by atoms with Crippen LogP contribution in [0.4, 0.5) is 0 Å². The molecule has 0 aromatic rings. The van der Waals surface area contributed by atoms with Gasteiger partial charge in [0.25, 0.3) is 0 Å². The van der Waals surface area contributed by atoms with Crippen molar-refractivity contribution in [3.63, 3.8) is 0 Å². The molecule has 0 aromatic heterocycles. The zero-order chi connectivity index (χ0) is 10.4. The Bertz CT molecular complexity index is 145. The minimum Gasteiger partial charge on any atom is -0.303 e. The zero-order valence-corrected chi connectivity index (χ0v) is 9.96. The number of hydrazone groups is 1. The number of hydrogen-bond acceptors (Lipinski definition) is 2. The maximum Gasteiger partial charge on any atom is 0.0385 e. The van der Waals surface area contributed by atoms with Gasteiger partial charge in [-0.3, -0.25) is 0 Å². The van der Waals surface area contributed by atoms with Crippen molar-refractivity contribution in [1.82, 2.24) is 5.01 Å². The molecule has 0 aromatic carbocycles. The molecule has 0 amide bonds. The van der Waals surface area contributed by atoms with Crippen molar-refractivity contribution >= 4 is 5.71 Å². The highest BCUT2D eigenvalue weighted by molar-refractivity contribution is 5.84. The first kappa shape index (κ1) is 12.5. The summed E-state index contributed by atoms with van der Waals surface area (Å²) in [5, 5.41) is 6.41. The average Bonchev–Trinajstić information content (AvgIpc) is 1.80. The van der Waals surface area contributed by atoms with E-state index in [0.29, 0.717) is 11.8 Å². The van der Waals surface area contributed by atoms with E-state index in [4.69, 9.17) is 0 Å². The lowest BCUT2D eigenvalue weighted by Gasteiger charge is -2.14. The highest BCUT2D eigenvalue weighted by atomic mass is 15.4. The van der Waals surface area contributed by atoms with E-state index >= 15 is 0 Å². The minimum atomic E-state index is 0.706. The van der Waals surface area contributed by atoms with Crippen LogP contribution in [0.25, 0.3) is 0 Å². The van der Waals surface area contributed by atoms with Crippen molar-refractivity contribution in [1.29, 1.82) is 0 Å². The van der Waals surface area contributed by atoms with Crippen molar-refractivity contribution in [2.45, 2.75) is 40.5 Å². The lowest BCUT2D eigenvalue weighted by molar-refractivity contribution is 0.430. The summed E-state index contributed by atoms with van der Waals surface area (Å²) in [5.41, 5.74) is 1.33. The van der Waals surface area contributed by atoms with Gasteiger partial charge in [0.05, 0.1) is 0 Å². The fraction of sp³-hybridized carbons (Fsp3) is 0.909. The van der Waals surface area contributed by atoms with Crippen LogP contribution in [-0.4, -0.2) is 24.8 Å². The summed E-state index contributed by atoms with van der Waals surface area (Å²) in [6.45, 7) is 8.97. The topological polar surface area (TPSA) is 15.6 Å². The number of hydrogen-bond donors (Lipinski definition) is 0. The maximum atomic E-state index is 4.51. The second-order valence-corrected chi connectivity index (χ2v) is 4.71. The van der Waals surface area contributed by atoms with Gasteiger partial charge in [0.1, 0.15) is 0 Å². The summed E-state index contributed by atoms with van der Waals surface area (Å²) in [5.74, 6) is 1.41. The van der Waals surface area contributed by atoms with E-state index in [1.807, 2.05) is 19.1 Å². The fourth-order valence-electron chi connectivity index (χ4n) is 1.39. The van der Waals surface area contributed by atoms with Gasteiger partial charge in [-0.1, -0.05) is 27.7 Å². The van der Waals surface area contributed by atoms with Gasteiger partial charge < -0.3 is 5.01 Å². The van der Waals surface area contributed by atoms with Crippen LogP contribution in [0.3, 0.4) is 0 Å². The third kappa shape index (κ3) is 7.82. The van der Waals surface area contributed by atoms with E-state index in [-0.39, 0.29) is 0 Å². The van der Waals surface area contributed by atoms with E-state index in [9.17, 15) is 0 Å². The predicted molar refractivity (Wildman–Crippen MR) is 60.0 cm³/mol. The fourth-order valence-corrected chi connectivity index (χ4v) is 1.39. The smallest absolute Gasteiger partial charge is 0.0385 e. The summed E-state index contributed by atoms with van der Waals surface area (Å²) >= 11 is 0. The van der Waals surface area contributed by atoms with E-state index in [1.165, 1.54) is 5.71 Å². The molecule has 0 saturated heterocycles. The molecule has 0 N–H and O–H groups in total. The molecule has 0 unspecified atom stereocenters. The molecule has 0 rings (SSSR count). The van der Waals surface area contributed by atoms with Gasteiger partial charge in [0, 0.05) is 19.8 Å². The van der Waals surface area contributed by atoms with Gasteiger partial charge in [-0.25, -0.2) is 0 Å². The van der Waals surface area contributed by atoms with Crippen LogP contribution in [0.5, 0.6) is 0 Å². The maximum absolute atomic E-state index is 4.51. The van der Waals surface area contributed by atoms with Crippen LogP contribution < -0.4 is 0 Å². The first-order chi connectivity index (χ1) is 5.91. The van der Waals surface area contributed by atoms with Crippen LogP contribution in [0.1, 0.15) is 40.5 Å². The molecular formula is C11H24N2. The van der Waals surface area contributed by atoms with Gasteiger partial charge in [-0.05, 0) is 24.7 Å². The molecule has 13 heavy (non-hydrogen) atoms. The normalized spacial score (nSPS) is 10.8. The second kappa shape index (κ2) is 6.01. The zero-order valence-electron chi connectivity index (χ0n) is 9.96. The SMILES string of the molecule is CC(C)CC(CC(C)C)=NN(C)C. The van der Waals surface area contributed by atoms with Gasteiger partial charge in [0.2, 0.25) is 0 Å². The molecule has 0 aliphatic carbocycles. The van der Waals surface area contributed by atoms with Gasteiger partial charge in [-0.2, -0.15) is 5.10 Å². The number of nitrogens with zero attached hydrogens (tertiary/aromatic N) is 2. The molecule has 0 aliphatic heterocycles. The van der Waals surface area contributed by atoms with E-state index in [1.54, 1.807) is 0 Å². The molecule has 2 nitrogen and oxygen atoms in total. The van der Waals surface area contributed by atoms with E-state index < -0.39 is 0 Å². The monoisotopic (exact) mass is 184 g/mol. The van der Waals surface area contributed by atoms with Crippen molar-refractivity contribution in [2.75, 3.05) is 14.1 Å². The highest BCUT2D eigenvalue weighted by Crippen LogP contribution is 2.10. The average molecular weight is 184 g/mol. The Morgan fingerprint density at radius 3 is 1.62 bits per heavy atom. The van der Waals surface area contributed by atoms with Gasteiger partial charge in [0.15, 0.2) is 0 Å². The Kier molecular flexibility index (Phi) is 5.76. The third-order valence-corrected chi connectivity index (χ3v) is 1.63. The standard InChI is InChI=1S/C11H24N2/c1-9(2)7-11(8-10(3)4)12-13(5)6/h9-10H,7-8H2,1-6H3. The third-order valence-electron chi connectivity index (χ3n) is 1.63. The largest absolute Gasteiger partial charge is 0.303 e. The Morgan fingerprint density at radius 2 is 1.38 bits per heavy atom. The van der Waals surface area contributed by atoms with Crippen LogP contribution in [-0.2, 0) is 0 Å². The van der Waals surface area contributed by atoms with Gasteiger partial charge >= 0.3 is 0 Å². The van der Waals surface area contributed by atoms with E-state index in [2.05, 4.69) is 32.8 Å². The summed E-state index contributed by atoms with van der Waals surface area (Å²) in [6, 6.07) is 0. The van der Waals surface area contributed by atoms with Crippen molar-refractivity contribution in [3.05, 3.63) is 0 Å². The molecule has 0 fully saturated rings. The van der Waals surface area contributed by atoms with Crippen LogP contribution in [0, 0.1) is 11.8 Å². The molecule has 0 radical (unpaired) electrons. The first-order valence-corrected chi connectivity index (χ1v) is 5.15. The lowest BCUT2D eigenvalue weighted by Crippen LogP contribution is -2.13. The number of rotatable bonds is 5. The summed E-state index contributed by atoms with van der Waals surface area (Å²) in [6.07, 6.45) is 2.24. The Labute approximate surface area is 83.0 Å². The second-order valence-electron chi connectivity index (χ2n) is 4.71. The lowest BCUT2D eigenvalue weighted by atomic mass is 9.99. The van der Waals surface area contributed by atoms with Gasteiger partial charge in [-0.15, -0.1) is 0 Å². The quantitative estimate of drug-likeness (QED) is 0.474. The first-order valence-electron chi connectivity index (χ1n) is 5.15. The molecule has 78 valence electrons. The minimum absolute atomic E-state index is 0.706. The summed E-state index contributed by atoms with van der Waals surface area (Å²) in [4.78, 5) is 0. The summed E-state index contributed by atoms with van der Waals surface area (Å²) in [7, 11) is 3.97. The molecule has 0 saturated carbocycles.